The molecule has 1 unspecified atom stereocenters. The van der Waals surface area contributed by atoms with E-state index in [1.54, 1.807) is 0 Å². The van der Waals surface area contributed by atoms with Gasteiger partial charge in [-0.1, -0.05) is 19.1 Å². The van der Waals surface area contributed by atoms with Crippen molar-refractivity contribution in [2.24, 2.45) is 0 Å². The first-order valence-electron chi connectivity index (χ1n) is 9.40. The summed E-state index contributed by atoms with van der Waals surface area (Å²) in [6.45, 7) is 3.97. The number of amides is 1. The summed E-state index contributed by atoms with van der Waals surface area (Å²) >= 11 is 0. The second kappa shape index (κ2) is 12.1. The topological polar surface area (TPSA) is 53.6 Å². The molecular formula is C19H29ClF3N3O2. The zero-order chi connectivity index (χ0) is 19.7. The summed E-state index contributed by atoms with van der Waals surface area (Å²) in [5.41, 5.74) is 0.948. The van der Waals surface area contributed by atoms with Gasteiger partial charge in [0, 0.05) is 39.1 Å². The minimum Gasteiger partial charge on any atom is -0.494 e. The number of carbonyl (C=O) groups excluding carboxylic acids is 1. The lowest BCUT2D eigenvalue weighted by atomic mass is 10.1. The van der Waals surface area contributed by atoms with Crippen molar-refractivity contribution in [3.05, 3.63) is 29.8 Å². The standard InChI is InChI=1S/C19H28F3N3O2.ClH/c1-2-13-27-16-6-3-15(4-7-16)5-8-18(26)24-14-17(19(20,21)22)25-11-9-23-10-12-25;/h3-4,6-7,17,23H,2,5,8-14H2,1H3,(H,24,26);1H. The highest BCUT2D eigenvalue weighted by Crippen LogP contribution is 2.24. The van der Waals surface area contributed by atoms with Gasteiger partial charge in [-0.2, -0.15) is 13.2 Å². The van der Waals surface area contributed by atoms with Crippen molar-refractivity contribution in [1.29, 1.82) is 0 Å². The van der Waals surface area contributed by atoms with Crippen LogP contribution >= 0.6 is 12.4 Å². The molecule has 5 nitrogen and oxygen atoms in total. The van der Waals surface area contributed by atoms with Gasteiger partial charge in [-0.15, -0.1) is 12.4 Å². The number of ether oxygens (including phenoxy) is 1. The zero-order valence-corrected chi connectivity index (χ0v) is 16.9. The number of nitrogens with zero attached hydrogens (tertiary/aromatic N) is 1. The number of rotatable bonds is 9. The number of alkyl halides is 3. The molecule has 9 heteroatoms. The molecule has 1 aromatic carbocycles. The summed E-state index contributed by atoms with van der Waals surface area (Å²) in [4.78, 5) is 13.4. The molecule has 1 atom stereocenters. The molecule has 1 heterocycles. The molecule has 1 aromatic rings. The van der Waals surface area contributed by atoms with E-state index in [9.17, 15) is 18.0 Å². The Labute approximate surface area is 170 Å². The van der Waals surface area contributed by atoms with Crippen LogP contribution in [-0.2, 0) is 11.2 Å². The molecule has 1 amide bonds. The summed E-state index contributed by atoms with van der Waals surface area (Å²) in [5.74, 6) is 0.403. The molecule has 2 N–H and O–H groups in total. The first kappa shape index (κ1) is 24.5. The average molecular weight is 424 g/mol. The quantitative estimate of drug-likeness (QED) is 0.641. The van der Waals surface area contributed by atoms with E-state index in [-0.39, 0.29) is 24.7 Å². The lowest BCUT2D eigenvalue weighted by Gasteiger charge is -2.35. The van der Waals surface area contributed by atoms with Crippen LogP contribution in [-0.4, -0.2) is 62.4 Å². The second-order valence-electron chi connectivity index (χ2n) is 6.64. The molecular weight excluding hydrogens is 395 g/mol. The predicted octanol–water partition coefficient (Wildman–Crippen LogP) is 2.78. The molecule has 160 valence electrons. The number of benzene rings is 1. The smallest absolute Gasteiger partial charge is 0.405 e. The summed E-state index contributed by atoms with van der Waals surface area (Å²) in [7, 11) is 0. The van der Waals surface area contributed by atoms with Crippen molar-refractivity contribution in [1.82, 2.24) is 15.5 Å². The molecule has 1 aliphatic heterocycles. The van der Waals surface area contributed by atoms with Gasteiger partial charge >= 0.3 is 6.18 Å². The van der Waals surface area contributed by atoms with Gasteiger partial charge in [-0.25, -0.2) is 0 Å². The van der Waals surface area contributed by atoms with Crippen molar-refractivity contribution in [2.45, 2.75) is 38.4 Å². The molecule has 1 aliphatic rings. The largest absolute Gasteiger partial charge is 0.494 e. The van der Waals surface area contributed by atoms with Crippen LogP contribution in [0.25, 0.3) is 0 Å². The Morgan fingerprint density at radius 1 is 1.25 bits per heavy atom. The number of aryl methyl sites for hydroxylation is 1. The van der Waals surface area contributed by atoms with Gasteiger partial charge in [0.05, 0.1) is 6.61 Å². The van der Waals surface area contributed by atoms with Crippen LogP contribution in [0.4, 0.5) is 13.2 Å². The molecule has 0 saturated carbocycles. The number of carbonyl (C=O) groups is 1. The van der Waals surface area contributed by atoms with Gasteiger partial charge < -0.3 is 15.4 Å². The first-order valence-corrected chi connectivity index (χ1v) is 9.40. The van der Waals surface area contributed by atoms with E-state index < -0.39 is 18.8 Å². The molecule has 1 fully saturated rings. The van der Waals surface area contributed by atoms with E-state index in [1.807, 2.05) is 31.2 Å². The van der Waals surface area contributed by atoms with Gasteiger partial charge in [0.1, 0.15) is 11.8 Å². The Hall–Kier alpha value is -1.51. The van der Waals surface area contributed by atoms with Crippen LogP contribution in [0.15, 0.2) is 24.3 Å². The molecule has 0 aromatic heterocycles. The van der Waals surface area contributed by atoms with Crippen molar-refractivity contribution >= 4 is 18.3 Å². The second-order valence-corrected chi connectivity index (χ2v) is 6.64. The normalized spacial score (nSPS) is 16.1. The van der Waals surface area contributed by atoms with Crippen LogP contribution in [0.2, 0.25) is 0 Å². The number of hydrogen-bond acceptors (Lipinski definition) is 4. The van der Waals surface area contributed by atoms with E-state index in [2.05, 4.69) is 10.6 Å². The third-order valence-corrected chi connectivity index (χ3v) is 4.50. The number of piperazine rings is 1. The zero-order valence-electron chi connectivity index (χ0n) is 16.1. The monoisotopic (exact) mass is 423 g/mol. The van der Waals surface area contributed by atoms with E-state index >= 15 is 0 Å². The minimum absolute atomic E-state index is 0. The van der Waals surface area contributed by atoms with Crippen molar-refractivity contribution in [2.75, 3.05) is 39.3 Å². The van der Waals surface area contributed by atoms with Gasteiger partial charge in [0.2, 0.25) is 5.91 Å². The van der Waals surface area contributed by atoms with Crippen LogP contribution in [0, 0.1) is 0 Å². The lowest BCUT2D eigenvalue weighted by Crippen LogP contribution is -2.57. The fraction of sp³-hybridized carbons (Fsp3) is 0.632. The summed E-state index contributed by atoms with van der Waals surface area (Å²) in [6, 6.07) is 5.79. The SMILES string of the molecule is CCCOc1ccc(CCC(=O)NCC(N2CCNCC2)C(F)(F)F)cc1.Cl. The molecule has 0 bridgehead atoms. The third-order valence-electron chi connectivity index (χ3n) is 4.50. The Balaban J connectivity index is 0.00000392. The van der Waals surface area contributed by atoms with E-state index in [0.717, 1.165) is 17.7 Å². The molecule has 0 spiro atoms. The Morgan fingerprint density at radius 2 is 1.89 bits per heavy atom. The molecule has 28 heavy (non-hydrogen) atoms. The van der Waals surface area contributed by atoms with E-state index in [4.69, 9.17) is 4.74 Å². The summed E-state index contributed by atoms with van der Waals surface area (Å²) < 4.78 is 45.4. The molecule has 0 radical (unpaired) electrons. The minimum atomic E-state index is -4.36. The van der Waals surface area contributed by atoms with Crippen molar-refractivity contribution < 1.29 is 22.7 Å². The van der Waals surface area contributed by atoms with Gasteiger partial charge in [0.15, 0.2) is 0 Å². The highest BCUT2D eigenvalue weighted by molar-refractivity contribution is 5.85. The van der Waals surface area contributed by atoms with Gasteiger partial charge in [-0.05, 0) is 30.5 Å². The van der Waals surface area contributed by atoms with Crippen LogP contribution in [0.1, 0.15) is 25.3 Å². The summed E-state index contributed by atoms with van der Waals surface area (Å²) in [6.07, 6.45) is -2.81. The Bertz CT molecular complexity index is 579. The highest BCUT2D eigenvalue weighted by atomic mass is 35.5. The van der Waals surface area contributed by atoms with E-state index in [1.165, 1.54) is 4.90 Å². The molecule has 2 rings (SSSR count). The molecule has 0 aliphatic carbocycles. The predicted molar refractivity (Wildman–Crippen MR) is 105 cm³/mol. The number of nitrogens with one attached hydrogen (secondary N) is 2. The number of halogens is 4. The third kappa shape index (κ3) is 8.24. The summed E-state index contributed by atoms with van der Waals surface area (Å²) in [5, 5.41) is 5.48. The first-order chi connectivity index (χ1) is 12.9. The van der Waals surface area contributed by atoms with Crippen LogP contribution in [0.3, 0.4) is 0 Å². The van der Waals surface area contributed by atoms with Crippen molar-refractivity contribution in [3.63, 3.8) is 0 Å². The number of hydrogen-bond donors (Lipinski definition) is 2. The maximum atomic E-state index is 13.3. The van der Waals surface area contributed by atoms with Crippen molar-refractivity contribution in [3.8, 4) is 5.75 Å². The maximum Gasteiger partial charge on any atom is 0.405 e. The highest BCUT2D eigenvalue weighted by Gasteiger charge is 2.43. The van der Waals surface area contributed by atoms with Crippen LogP contribution < -0.4 is 15.4 Å². The van der Waals surface area contributed by atoms with Gasteiger partial charge in [0.25, 0.3) is 0 Å². The fourth-order valence-electron chi connectivity index (χ4n) is 2.97. The van der Waals surface area contributed by atoms with Gasteiger partial charge in [-0.3, -0.25) is 9.69 Å². The Kier molecular flexibility index (Phi) is 10.6. The lowest BCUT2D eigenvalue weighted by molar-refractivity contribution is -0.184. The fourth-order valence-corrected chi connectivity index (χ4v) is 2.97. The molecule has 1 saturated heterocycles. The van der Waals surface area contributed by atoms with E-state index in [0.29, 0.717) is 39.2 Å². The Morgan fingerprint density at radius 3 is 2.46 bits per heavy atom. The average Bonchev–Trinajstić information content (AvgIpc) is 2.65. The maximum absolute atomic E-state index is 13.3. The van der Waals surface area contributed by atoms with Crippen LogP contribution in [0.5, 0.6) is 5.75 Å².